The maximum Gasteiger partial charge on any atom is 0.326 e. The van der Waals surface area contributed by atoms with Gasteiger partial charge in [0.25, 0.3) is 0 Å². The largest absolute Gasteiger partial charge is 0.481 e. The number of carboxylic acids is 5. The Hall–Kier alpha value is -9.19. The van der Waals surface area contributed by atoms with Crippen molar-refractivity contribution >= 4 is 128 Å². The molecule has 3 aromatic carbocycles. The van der Waals surface area contributed by atoms with Gasteiger partial charge in [-0.3, -0.25) is 38.6 Å². The zero-order chi connectivity index (χ0) is 99.8. The number of thiocarbonyl (C=S) groups is 2. The number of halogens is 1. The van der Waals surface area contributed by atoms with Crippen molar-refractivity contribution in [2.45, 2.75) is 140 Å². The molecule has 1 fully saturated rings. The number of carbonyl (C=O) groups excluding carboxylic acids is 5. The molecule has 1 unspecified atom stereocenters. The van der Waals surface area contributed by atoms with Crippen LogP contribution in [-0.4, -0.2) is 405 Å². The third-order valence-corrected chi connectivity index (χ3v) is 22.6. The standard InChI is InChI=1S/C92H146IN17O26S2/c1-106-35-37-107(2)76(66-109(69-86(117)118)40-39-108(38-36-106)68-85(115)116)64-71-22-26-74(27-23-71)100-92(138)98-32-8-3-15-77(101-81(111)28-42-126-46-50-130-53-49-129-45-41-110-67-80(104-105-110)72-13-10-14-75(65-72)99-90(124)96-31-7-5-17-79(89(122)123)103-91(125)97-33-11-19-84(113)114)87(119)95-34-44-128-48-52-132-55-57-134-59-61-136-63-62-135-60-58-133-56-54-131-51-47-127-43-29-82(112)102-78(88(120)121)16-4-6-30-94-83(137)18-9-12-70-20-24-73(93)25-21-70/h10,13-14,20-27,65,67,76-79H,3-9,11-12,15-19,28-64,66,68-69H2,1-2H3,(H,94,137)(H,95,119)(H,101,111)(H,102,112)(H,113,114)(H,115,116)(H,117,118)(H,120,121)(H,122,123)(H2,96,99,124)(H2,97,103,125)(H2,98,100,138)/t76?,77-,78-,79-/m0/s1. The van der Waals surface area contributed by atoms with Gasteiger partial charge in [0, 0.05) is 124 Å². The molecule has 15 N–H and O–H groups in total. The van der Waals surface area contributed by atoms with E-state index >= 15 is 0 Å². The first-order valence-corrected chi connectivity index (χ1v) is 49.1. The lowest BCUT2D eigenvalue weighted by Crippen LogP contribution is -2.50. The second-order valence-electron chi connectivity index (χ2n) is 32.6. The van der Waals surface area contributed by atoms with Gasteiger partial charge >= 0.3 is 41.9 Å². The van der Waals surface area contributed by atoms with E-state index in [-0.39, 0.29) is 136 Å². The van der Waals surface area contributed by atoms with Crippen molar-refractivity contribution in [3.8, 4) is 11.3 Å². The number of hydrogen-bond donors (Lipinski definition) is 15. The molecule has 0 spiro atoms. The molecule has 1 aliphatic heterocycles. The molecule has 0 aliphatic carbocycles. The third-order valence-electron chi connectivity index (χ3n) is 21.3. The van der Waals surface area contributed by atoms with Crippen molar-refractivity contribution in [1.29, 1.82) is 0 Å². The van der Waals surface area contributed by atoms with Crippen molar-refractivity contribution in [3.05, 3.63) is 93.7 Å². The number of nitrogens with zero attached hydrogens (tertiary/aromatic N) is 7. The quantitative estimate of drug-likeness (QED) is 0.0165. The Kier molecular flexibility index (Phi) is 65.4. The Labute approximate surface area is 832 Å². The minimum Gasteiger partial charge on any atom is -0.481 e. The number of aromatic nitrogens is 3. The lowest BCUT2D eigenvalue weighted by molar-refractivity contribution is -0.142. The Morgan fingerprint density at radius 1 is 0.435 bits per heavy atom. The van der Waals surface area contributed by atoms with E-state index in [2.05, 4.69) is 120 Å². The highest BCUT2D eigenvalue weighted by Gasteiger charge is 2.27. The van der Waals surface area contributed by atoms with Crippen molar-refractivity contribution < 1.29 is 126 Å². The fourth-order valence-corrected chi connectivity index (χ4v) is 14.5. The average Bonchev–Trinajstić information content (AvgIpc) is 1.68. The minimum atomic E-state index is -1.22. The van der Waals surface area contributed by atoms with E-state index in [1.165, 1.54) is 9.13 Å². The van der Waals surface area contributed by atoms with Crippen LogP contribution in [0.4, 0.5) is 21.0 Å². The molecule has 2 heterocycles. The molecule has 4 aromatic rings. The first kappa shape index (κ1) is 119. The van der Waals surface area contributed by atoms with Gasteiger partial charge in [0.05, 0.1) is 176 Å². The number of anilines is 2. The second kappa shape index (κ2) is 75.7. The van der Waals surface area contributed by atoms with Crippen LogP contribution in [0, 0.1) is 3.57 Å². The SMILES string of the molecule is CN1CCN(CC(=O)O)CCN(CC(=O)O)CC(Cc2ccc(NC(=S)NCCCC[C@H](NC(=O)CCOCCOCCOCCn3cc(-c4cccc(NC(=O)NCCCC[C@H](NC(=O)NCCCC(=O)O)C(=O)O)c4)nn3)C(=O)NCCOCCOCCOCCOCCOCCOCCOCCOCCC(=O)N[C@@H](CCCCNC(=S)CCCc3ccc(I)cc3)C(=O)O)cc2)N(C)CC1. The summed E-state index contributed by atoms with van der Waals surface area (Å²) in [5, 5.41) is 84.5. The Balaban J connectivity index is 0.908. The molecule has 1 aliphatic rings. The molecule has 4 atom stereocenters. The van der Waals surface area contributed by atoms with Gasteiger partial charge in [-0.25, -0.2) is 23.9 Å². The van der Waals surface area contributed by atoms with Crippen LogP contribution < -0.4 is 53.2 Å². The summed E-state index contributed by atoms with van der Waals surface area (Å²) in [6.45, 7) is 12.3. The summed E-state index contributed by atoms with van der Waals surface area (Å²) in [6.07, 6.45) is 9.27. The summed E-state index contributed by atoms with van der Waals surface area (Å²) in [4.78, 5) is 131. The molecule has 138 heavy (non-hydrogen) atoms. The molecule has 43 nitrogen and oxygen atoms in total. The number of unbranched alkanes of at least 4 members (excludes halogenated alkanes) is 3. The molecule has 46 heteroatoms. The molecule has 0 bridgehead atoms. The number of aliphatic carboxylic acids is 5. The number of urea groups is 2. The normalized spacial score (nSPS) is 14.2. The van der Waals surface area contributed by atoms with Crippen LogP contribution >= 0.6 is 47.0 Å². The van der Waals surface area contributed by atoms with Crippen molar-refractivity contribution in [3.63, 3.8) is 0 Å². The Morgan fingerprint density at radius 2 is 0.906 bits per heavy atom. The maximum absolute atomic E-state index is 13.7. The number of rotatable bonds is 77. The lowest BCUT2D eigenvalue weighted by Gasteiger charge is -2.36. The van der Waals surface area contributed by atoms with Crippen LogP contribution in [0.2, 0.25) is 0 Å². The van der Waals surface area contributed by atoms with Crippen LogP contribution in [-0.2, 0) is 110 Å². The van der Waals surface area contributed by atoms with Gasteiger partial charge in [0.2, 0.25) is 17.7 Å². The minimum absolute atomic E-state index is 0.00865. The van der Waals surface area contributed by atoms with Gasteiger partial charge in [-0.15, -0.1) is 5.10 Å². The summed E-state index contributed by atoms with van der Waals surface area (Å²) in [5.41, 5.74) is 4.85. The van der Waals surface area contributed by atoms with E-state index in [0.29, 0.717) is 218 Å². The smallest absolute Gasteiger partial charge is 0.326 e. The van der Waals surface area contributed by atoms with Gasteiger partial charge in [0.15, 0.2) is 5.11 Å². The molecule has 774 valence electrons. The number of aryl methyl sites for hydroxylation is 1. The number of carboxylic acid groups (broad SMARTS) is 5. The fraction of sp³-hybridized carbons (Fsp3) is 0.652. The summed E-state index contributed by atoms with van der Waals surface area (Å²) < 4.78 is 64.7. The fourth-order valence-electron chi connectivity index (χ4n) is 13.7. The number of carbonyl (C=O) groups is 10. The average molecular weight is 2100 g/mol. The van der Waals surface area contributed by atoms with Gasteiger partial charge in [-0.05, 0) is 186 Å². The van der Waals surface area contributed by atoms with Gasteiger partial charge in [-0.2, -0.15) is 0 Å². The predicted octanol–water partition coefficient (Wildman–Crippen LogP) is 4.42. The monoisotopic (exact) mass is 2100 g/mol. The van der Waals surface area contributed by atoms with Gasteiger partial charge in [0.1, 0.15) is 23.8 Å². The van der Waals surface area contributed by atoms with Crippen LogP contribution in [0.1, 0.15) is 107 Å². The summed E-state index contributed by atoms with van der Waals surface area (Å²) in [5.74, 6) is -6.30. The van der Waals surface area contributed by atoms with E-state index in [0.717, 1.165) is 55.0 Å². The number of likely N-dealkylation sites (N-methyl/N-ethyl adjacent to an activating group) is 2. The van der Waals surface area contributed by atoms with Crippen LogP contribution in [0.15, 0.2) is 79.0 Å². The molecular formula is C92H146IN17O26S2. The molecule has 0 radical (unpaired) electrons. The highest BCUT2D eigenvalue weighted by atomic mass is 127. The van der Waals surface area contributed by atoms with E-state index in [9.17, 15) is 68.4 Å². The van der Waals surface area contributed by atoms with E-state index in [1.807, 2.05) is 54.2 Å². The van der Waals surface area contributed by atoms with E-state index in [4.69, 9.17) is 81.6 Å². The summed E-state index contributed by atoms with van der Waals surface area (Å²) in [7, 11) is 4.06. The first-order valence-electron chi connectivity index (χ1n) is 47.2. The Morgan fingerprint density at radius 3 is 1.46 bits per heavy atom. The molecule has 5 rings (SSSR count). The number of benzene rings is 3. The number of nitrogens with one attached hydrogen (secondary N) is 10. The number of ether oxygens (including phenoxy) is 11. The second-order valence-corrected chi connectivity index (χ2v) is 34.7. The van der Waals surface area contributed by atoms with Crippen molar-refractivity contribution in [1.82, 2.24) is 77.1 Å². The number of amides is 7. The van der Waals surface area contributed by atoms with Crippen LogP contribution in [0.3, 0.4) is 0 Å². The topological polar surface area (TPSA) is 537 Å². The van der Waals surface area contributed by atoms with Gasteiger partial charge < -0.3 is 141 Å². The van der Waals surface area contributed by atoms with Crippen LogP contribution in [0.25, 0.3) is 11.3 Å². The summed E-state index contributed by atoms with van der Waals surface area (Å²) >= 11 is 13.4. The number of hydrogen-bond acceptors (Lipinski definition) is 29. The molecule has 1 saturated heterocycles. The van der Waals surface area contributed by atoms with Crippen LogP contribution in [0.5, 0.6) is 0 Å². The highest BCUT2D eigenvalue weighted by Crippen LogP contribution is 2.22. The van der Waals surface area contributed by atoms with Gasteiger partial charge in [-0.1, -0.05) is 53.8 Å². The van der Waals surface area contributed by atoms with Crippen molar-refractivity contribution in [2.75, 3.05) is 262 Å². The molecular weight excluding hydrogens is 1950 g/mol. The highest BCUT2D eigenvalue weighted by molar-refractivity contribution is 14.1. The molecule has 7 amide bonds. The zero-order valence-electron chi connectivity index (χ0n) is 79.6. The maximum atomic E-state index is 13.7. The third kappa shape index (κ3) is 60.7. The Bertz CT molecular complexity index is 4130. The lowest BCUT2D eigenvalue weighted by atomic mass is 10.0. The van der Waals surface area contributed by atoms with E-state index < -0.39 is 65.9 Å². The van der Waals surface area contributed by atoms with Crippen molar-refractivity contribution in [2.24, 2.45) is 0 Å². The zero-order valence-corrected chi connectivity index (χ0v) is 83.4. The predicted molar refractivity (Wildman–Crippen MR) is 531 cm³/mol. The van der Waals surface area contributed by atoms with E-state index in [1.54, 1.807) is 29.1 Å². The molecule has 0 saturated carbocycles. The summed E-state index contributed by atoms with van der Waals surface area (Å²) in [6, 6.07) is 19.2. The molecule has 1 aromatic heterocycles. The first-order chi connectivity index (χ1) is 66.8.